The number of alkyl carbamates (subject to hydrolysis) is 1. The third-order valence-corrected chi connectivity index (χ3v) is 3.57. The molecule has 0 unspecified atom stereocenters. The molecular weight excluding hydrogens is 324 g/mol. The summed E-state index contributed by atoms with van der Waals surface area (Å²) in [4.78, 5) is 28.0. The molecule has 1 saturated heterocycles. The molecule has 0 spiro atoms. The number of hydrogen-bond acceptors (Lipinski definition) is 6. The quantitative estimate of drug-likeness (QED) is 0.515. The Hall–Kier alpha value is -2.09. The van der Waals surface area contributed by atoms with Gasteiger partial charge in [-0.1, -0.05) is 11.6 Å². The fraction of sp³-hybridized carbons (Fsp3) is 0.571. The summed E-state index contributed by atoms with van der Waals surface area (Å²) in [5.74, 6) is 0. The Morgan fingerprint density at radius 2 is 2.26 bits per heavy atom. The highest BCUT2D eigenvalue weighted by atomic mass is 35.5. The summed E-state index contributed by atoms with van der Waals surface area (Å²) < 4.78 is 5.21. The molecule has 0 bridgehead atoms. The van der Waals surface area contributed by atoms with Crippen molar-refractivity contribution in [2.24, 2.45) is 0 Å². The molecule has 1 amide bonds. The number of nitrogens with one attached hydrogen (secondary N) is 1. The van der Waals surface area contributed by atoms with Gasteiger partial charge in [0.05, 0.1) is 11.0 Å². The largest absolute Gasteiger partial charge is 0.444 e. The Bertz CT molecular complexity index is 617. The second kappa shape index (κ2) is 6.57. The molecule has 2 heterocycles. The van der Waals surface area contributed by atoms with Crippen LogP contribution in [0.25, 0.3) is 0 Å². The fourth-order valence-corrected chi connectivity index (χ4v) is 2.64. The van der Waals surface area contributed by atoms with Crippen LogP contribution in [-0.4, -0.2) is 40.7 Å². The highest BCUT2D eigenvalue weighted by Crippen LogP contribution is 2.35. The van der Waals surface area contributed by atoms with Crippen LogP contribution in [0.1, 0.15) is 27.2 Å². The highest BCUT2D eigenvalue weighted by molar-refractivity contribution is 6.32. The molecule has 0 radical (unpaired) electrons. The molecule has 0 aromatic carbocycles. The second-order valence-electron chi connectivity index (χ2n) is 6.30. The van der Waals surface area contributed by atoms with Gasteiger partial charge in [0, 0.05) is 19.3 Å². The van der Waals surface area contributed by atoms with Crippen LogP contribution in [0.4, 0.5) is 16.2 Å². The summed E-state index contributed by atoms with van der Waals surface area (Å²) in [6.45, 7) is 6.38. The van der Waals surface area contributed by atoms with Crippen LogP contribution in [0.15, 0.2) is 12.3 Å². The Kier molecular flexibility index (Phi) is 4.93. The molecule has 0 aliphatic carbocycles. The first-order valence-corrected chi connectivity index (χ1v) is 7.58. The molecule has 1 aliphatic rings. The van der Waals surface area contributed by atoms with E-state index in [1.165, 1.54) is 6.20 Å². The molecule has 1 aromatic heterocycles. The van der Waals surface area contributed by atoms with Gasteiger partial charge in [-0.2, -0.15) is 0 Å². The lowest BCUT2D eigenvalue weighted by Gasteiger charge is -2.22. The smallest absolute Gasteiger partial charge is 0.407 e. The first-order valence-electron chi connectivity index (χ1n) is 7.21. The average molecular weight is 343 g/mol. The molecule has 1 fully saturated rings. The van der Waals surface area contributed by atoms with E-state index in [4.69, 9.17) is 16.3 Å². The van der Waals surface area contributed by atoms with Gasteiger partial charge in [-0.3, -0.25) is 10.1 Å². The zero-order chi connectivity index (χ0) is 17.2. The zero-order valence-corrected chi connectivity index (χ0v) is 14.0. The van der Waals surface area contributed by atoms with E-state index in [2.05, 4.69) is 10.3 Å². The first-order chi connectivity index (χ1) is 10.7. The Morgan fingerprint density at radius 3 is 2.87 bits per heavy atom. The van der Waals surface area contributed by atoms with Crippen molar-refractivity contribution in [1.29, 1.82) is 0 Å². The van der Waals surface area contributed by atoms with Crippen molar-refractivity contribution in [2.45, 2.75) is 38.8 Å². The minimum Gasteiger partial charge on any atom is -0.444 e. The van der Waals surface area contributed by atoms with Crippen molar-refractivity contribution in [3.8, 4) is 0 Å². The van der Waals surface area contributed by atoms with Gasteiger partial charge < -0.3 is 15.0 Å². The molecule has 1 atom stereocenters. The van der Waals surface area contributed by atoms with E-state index in [9.17, 15) is 14.9 Å². The fourth-order valence-electron chi connectivity index (χ4n) is 2.41. The molecule has 8 nitrogen and oxygen atoms in total. The number of pyridine rings is 1. The van der Waals surface area contributed by atoms with Crippen molar-refractivity contribution in [3.63, 3.8) is 0 Å². The first kappa shape index (κ1) is 17.3. The Balaban J connectivity index is 2.05. The number of hydrogen-bond donors (Lipinski definition) is 1. The second-order valence-corrected chi connectivity index (χ2v) is 6.66. The molecule has 1 N–H and O–H groups in total. The summed E-state index contributed by atoms with van der Waals surface area (Å²) in [5.41, 5.74) is -0.379. The molecule has 9 heteroatoms. The molecule has 2 rings (SSSR count). The van der Waals surface area contributed by atoms with Crippen LogP contribution < -0.4 is 10.2 Å². The Labute approximate surface area is 138 Å². The molecular formula is C14H19ClN4O4. The standard InChI is InChI=1S/C14H19ClN4O4/c1-14(2,3)23-13(20)17-9-5-7-18(8-9)10-4-6-16-12(15)11(10)19(21)22/h4,6,9H,5,7-8H2,1-3H3,(H,17,20)/t9-/m1/s1. The van der Waals surface area contributed by atoms with E-state index < -0.39 is 16.6 Å². The average Bonchev–Trinajstić information content (AvgIpc) is 2.83. The van der Waals surface area contributed by atoms with Crippen LogP contribution in [0.3, 0.4) is 0 Å². The zero-order valence-electron chi connectivity index (χ0n) is 13.2. The van der Waals surface area contributed by atoms with Crippen LogP contribution in [0.5, 0.6) is 0 Å². The number of anilines is 1. The topological polar surface area (TPSA) is 97.6 Å². The number of halogens is 1. The van der Waals surface area contributed by atoms with Crippen molar-refractivity contribution < 1.29 is 14.5 Å². The van der Waals surface area contributed by atoms with Crippen molar-refractivity contribution >= 4 is 29.1 Å². The van der Waals surface area contributed by atoms with Crippen LogP contribution in [0.2, 0.25) is 5.15 Å². The van der Waals surface area contributed by atoms with Crippen molar-refractivity contribution in [3.05, 3.63) is 27.5 Å². The van der Waals surface area contributed by atoms with Gasteiger partial charge >= 0.3 is 11.8 Å². The van der Waals surface area contributed by atoms with Crippen molar-refractivity contribution in [2.75, 3.05) is 18.0 Å². The number of nitrogens with zero attached hydrogens (tertiary/aromatic N) is 3. The van der Waals surface area contributed by atoms with E-state index in [0.29, 0.717) is 25.2 Å². The molecule has 1 aliphatic heterocycles. The number of carbonyl (C=O) groups excluding carboxylic acids is 1. The monoisotopic (exact) mass is 342 g/mol. The van der Waals surface area contributed by atoms with Gasteiger partial charge in [0.1, 0.15) is 11.3 Å². The predicted molar refractivity (Wildman–Crippen MR) is 85.9 cm³/mol. The lowest BCUT2D eigenvalue weighted by atomic mass is 10.2. The van der Waals surface area contributed by atoms with Gasteiger partial charge in [-0.25, -0.2) is 9.78 Å². The van der Waals surface area contributed by atoms with E-state index in [1.54, 1.807) is 26.8 Å². The number of nitro groups is 1. The summed E-state index contributed by atoms with van der Waals surface area (Å²) in [7, 11) is 0. The minimum atomic E-state index is -0.570. The normalized spacial score (nSPS) is 17.9. The van der Waals surface area contributed by atoms with Gasteiger partial charge in [-0.05, 0) is 33.3 Å². The van der Waals surface area contributed by atoms with Crippen LogP contribution >= 0.6 is 11.6 Å². The summed E-state index contributed by atoms with van der Waals surface area (Å²) in [5, 5.41) is 13.8. The summed E-state index contributed by atoms with van der Waals surface area (Å²) >= 11 is 5.83. The van der Waals surface area contributed by atoms with Crippen LogP contribution in [0, 0.1) is 10.1 Å². The van der Waals surface area contributed by atoms with E-state index in [1.807, 2.05) is 4.90 Å². The summed E-state index contributed by atoms with van der Waals surface area (Å²) in [6, 6.07) is 1.41. The third kappa shape index (κ3) is 4.44. The van der Waals surface area contributed by atoms with E-state index >= 15 is 0 Å². The number of ether oxygens (including phenoxy) is 1. The minimum absolute atomic E-state index is 0.142. The van der Waals surface area contributed by atoms with Gasteiger partial charge in [0.15, 0.2) is 0 Å². The highest BCUT2D eigenvalue weighted by Gasteiger charge is 2.31. The SMILES string of the molecule is CC(C)(C)OC(=O)N[C@@H]1CCN(c2ccnc(Cl)c2[N+](=O)[O-])C1. The number of carbonyl (C=O) groups is 1. The van der Waals surface area contributed by atoms with Crippen LogP contribution in [-0.2, 0) is 4.74 Å². The summed E-state index contributed by atoms with van der Waals surface area (Å²) in [6.07, 6.45) is 1.60. The number of rotatable bonds is 3. The van der Waals surface area contributed by atoms with Gasteiger partial charge in [0.25, 0.3) is 0 Å². The molecule has 23 heavy (non-hydrogen) atoms. The van der Waals surface area contributed by atoms with Gasteiger partial charge in [0.2, 0.25) is 5.15 Å². The molecule has 126 valence electrons. The Morgan fingerprint density at radius 1 is 1.57 bits per heavy atom. The maximum Gasteiger partial charge on any atom is 0.407 e. The number of aromatic nitrogens is 1. The number of amides is 1. The van der Waals surface area contributed by atoms with Gasteiger partial charge in [-0.15, -0.1) is 0 Å². The maximum atomic E-state index is 11.8. The maximum absolute atomic E-state index is 11.8. The molecule has 1 aromatic rings. The van der Waals surface area contributed by atoms with E-state index in [-0.39, 0.29) is 16.9 Å². The predicted octanol–water partition coefficient (Wildman–Crippen LogP) is 2.75. The lowest BCUT2D eigenvalue weighted by molar-refractivity contribution is -0.384. The molecule has 0 saturated carbocycles. The third-order valence-electron chi connectivity index (χ3n) is 3.29. The lowest BCUT2D eigenvalue weighted by Crippen LogP contribution is -2.40. The van der Waals surface area contributed by atoms with E-state index in [0.717, 1.165) is 0 Å². The van der Waals surface area contributed by atoms with Crippen molar-refractivity contribution in [1.82, 2.24) is 10.3 Å².